The van der Waals surface area contributed by atoms with Crippen LogP contribution in [0.15, 0.2) is 42.5 Å². The molecule has 0 fully saturated rings. The minimum absolute atomic E-state index is 0.177. The van der Waals surface area contributed by atoms with Gasteiger partial charge < -0.3 is 11.1 Å². The number of hydrogen-bond donors (Lipinski definition) is 2. The second-order valence-corrected chi connectivity index (χ2v) is 4.63. The molecule has 0 bridgehead atoms. The van der Waals surface area contributed by atoms with Crippen molar-refractivity contribution in [3.8, 4) is 0 Å². The Hall–Kier alpha value is -1.94. The number of rotatable bonds is 4. The van der Waals surface area contributed by atoms with Crippen molar-refractivity contribution in [3.63, 3.8) is 0 Å². The summed E-state index contributed by atoms with van der Waals surface area (Å²) in [6, 6.07) is 12.3. The van der Waals surface area contributed by atoms with Gasteiger partial charge in [0.2, 0.25) is 0 Å². The molecule has 0 aromatic heterocycles. The van der Waals surface area contributed by atoms with Crippen molar-refractivity contribution in [2.45, 2.75) is 13.3 Å². The number of para-hydroxylation sites is 1. The van der Waals surface area contributed by atoms with Gasteiger partial charge in [-0.25, -0.2) is 4.39 Å². The third-order valence-electron chi connectivity index (χ3n) is 2.91. The molecule has 0 saturated carbocycles. The number of hydrogen-bond acceptors (Lipinski definition) is 2. The predicted octanol–water partition coefficient (Wildman–Crippen LogP) is 3.77. The Balaban J connectivity index is 2.41. The molecule has 0 aliphatic carbocycles. The molecule has 2 rings (SSSR count). The lowest BCUT2D eigenvalue weighted by Crippen LogP contribution is -2.12. The number of anilines is 2. The molecule has 98 valence electrons. The SMILES string of the molecule is CCc1ccccc1Nc1ccc(F)cc1C(N)=S. The molecule has 0 saturated heterocycles. The van der Waals surface area contributed by atoms with E-state index in [4.69, 9.17) is 18.0 Å². The fourth-order valence-electron chi connectivity index (χ4n) is 1.92. The van der Waals surface area contributed by atoms with Crippen molar-refractivity contribution in [1.82, 2.24) is 0 Å². The molecule has 0 amide bonds. The van der Waals surface area contributed by atoms with Crippen molar-refractivity contribution < 1.29 is 4.39 Å². The average molecular weight is 274 g/mol. The summed E-state index contributed by atoms with van der Waals surface area (Å²) >= 11 is 4.96. The van der Waals surface area contributed by atoms with E-state index in [1.807, 2.05) is 24.3 Å². The number of nitrogens with two attached hydrogens (primary N) is 1. The quantitative estimate of drug-likeness (QED) is 0.834. The highest BCUT2D eigenvalue weighted by Gasteiger charge is 2.08. The lowest BCUT2D eigenvalue weighted by atomic mass is 10.1. The standard InChI is InChI=1S/C15H15FN2S/c1-2-10-5-3-4-6-13(10)18-14-8-7-11(16)9-12(14)15(17)19/h3-9,18H,2H2,1H3,(H2,17,19). The van der Waals surface area contributed by atoms with Crippen LogP contribution in [-0.2, 0) is 6.42 Å². The van der Waals surface area contributed by atoms with Crippen LogP contribution in [0.3, 0.4) is 0 Å². The molecule has 0 unspecified atom stereocenters. The summed E-state index contributed by atoms with van der Waals surface area (Å²) in [4.78, 5) is 0.177. The second kappa shape index (κ2) is 5.80. The molecule has 2 nitrogen and oxygen atoms in total. The summed E-state index contributed by atoms with van der Waals surface area (Å²) in [7, 11) is 0. The van der Waals surface area contributed by atoms with Gasteiger partial charge in [-0.05, 0) is 36.2 Å². The van der Waals surface area contributed by atoms with Crippen LogP contribution in [0.25, 0.3) is 0 Å². The zero-order valence-corrected chi connectivity index (χ0v) is 11.4. The van der Waals surface area contributed by atoms with Crippen LogP contribution in [0.4, 0.5) is 15.8 Å². The monoisotopic (exact) mass is 274 g/mol. The minimum atomic E-state index is -0.350. The molecule has 0 aliphatic heterocycles. The summed E-state index contributed by atoms with van der Waals surface area (Å²) < 4.78 is 13.2. The number of nitrogens with one attached hydrogen (secondary N) is 1. The van der Waals surface area contributed by atoms with Crippen molar-refractivity contribution >= 4 is 28.6 Å². The second-order valence-electron chi connectivity index (χ2n) is 4.19. The van der Waals surface area contributed by atoms with Crippen LogP contribution < -0.4 is 11.1 Å². The van der Waals surface area contributed by atoms with E-state index in [0.29, 0.717) is 5.56 Å². The molecular weight excluding hydrogens is 259 g/mol. The van der Waals surface area contributed by atoms with Crippen LogP contribution >= 0.6 is 12.2 Å². The van der Waals surface area contributed by atoms with Crippen LogP contribution in [0, 0.1) is 5.82 Å². The van der Waals surface area contributed by atoms with E-state index in [-0.39, 0.29) is 10.8 Å². The first-order chi connectivity index (χ1) is 9.11. The fraction of sp³-hybridized carbons (Fsp3) is 0.133. The van der Waals surface area contributed by atoms with Gasteiger partial charge in [-0.3, -0.25) is 0 Å². The average Bonchev–Trinajstić information content (AvgIpc) is 2.41. The maximum absolute atomic E-state index is 13.2. The summed E-state index contributed by atoms with van der Waals surface area (Å²) in [5.41, 5.74) is 9.03. The van der Waals surface area contributed by atoms with Crippen molar-refractivity contribution in [3.05, 3.63) is 59.4 Å². The van der Waals surface area contributed by atoms with Gasteiger partial charge >= 0.3 is 0 Å². The molecule has 19 heavy (non-hydrogen) atoms. The zero-order valence-electron chi connectivity index (χ0n) is 10.6. The van der Waals surface area contributed by atoms with Crippen molar-refractivity contribution in [2.75, 3.05) is 5.32 Å². The Morgan fingerprint density at radius 1 is 1.21 bits per heavy atom. The van der Waals surface area contributed by atoms with Gasteiger partial charge in [-0.15, -0.1) is 0 Å². The fourth-order valence-corrected chi connectivity index (χ4v) is 2.09. The Bertz CT molecular complexity index is 611. The van der Waals surface area contributed by atoms with Gasteiger partial charge in [-0.2, -0.15) is 0 Å². The summed E-state index contributed by atoms with van der Waals surface area (Å²) in [6.45, 7) is 2.08. The van der Waals surface area contributed by atoms with E-state index in [1.54, 1.807) is 6.07 Å². The molecule has 0 radical (unpaired) electrons. The lowest BCUT2D eigenvalue weighted by Gasteiger charge is -2.14. The van der Waals surface area contributed by atoms with Gasteiger partial charge in [-0.1, -0.05) is 37.3 Å². The van der Waals surface area contributed by atoms with Gasteiger partial charge in [0, 0.05) is 16.9 Å². The van der Waals surface area contributed by atoms with Gasteiger partial charge in [0.25, 0.3) is 0 Å². The van der Waals surface area contributed by atoms with E-state index in [1.165, 1.54) is 17.7 Å². The topological polar surface area (TPSA) is 38.0 Å². The largest absolute Gasteiger partial charge is 0.389 e. The molecule has 0 spiro atoms. The maximum Gasteiger partial charge on any atom is 0.124 e. The van der Waals surface area contributed by atoms with Crippen LogP contribution in [0.5, 0.6) is 0 Å². The molecule has 4 heteroatoms. The highest BCUT2D eigenvalue weighted by molar-refractivity contribution is 7.80. The summed E-state index contributed by atoms with van der Waals surface area (Å²) in [6.07, 6.45) is 0.909. The Kier molecular flexibility index (Phi) is 4.12. The Morgan fingerprint density at radius 2 is 1.95 bits per heavy atom. The van der Waals surface area contributed by atoms with Crippen LogP contribution in [0.2, 0.25) is 0 Å². The van der Waals surface area contributed by atoms with E-state index < -0.39 is 0 Å². The lowest BCUT2D eigenvalue weighted by molar-refractivity contribution is 0.628. The number of thiocarbonyl (C=S) groups is 1. The van der Waals surface area contributed by atoms with Crippen molar-refractivity contribution in [1.29, 1.82) is 0 Å². The third-order valence-corrected chi connectivity index (χ3v) is 3.13. The number of halogens is 1. The van der Waals surface area contributed by atoms with Crippen LogP contribution in [0.1, 0.15) is 18.1 Å². The molecular formula is C15H15FN2S. The van der Waals surface area contributed by atoms with Crippen molar-refractivity contribution in [2.24, 2.45) is 5.73 Å². The van der Waals surface area contributed by atoms with Crippen LogP contribution in [-0.4, -0.2) is 4.99 Å². The minimum Gasteiger partial charge on any atom is -0.389 e. The molecule has 0 aliphatic rings. The van der Waals surface area contributed by atoms with Gasteiger partial charge in [0.05, 0.1) is 0 Å². The normalized spacial score (nSPS) is 10.2. The smallest absolute Gasteiger partial charge is 0.124 e. The van der Waals surface area contributed by atoms with E-state index in [9.17, 15) is 4.39 Å². The first kappa shape index (κ1) is 13.5. The highest BCUT2D eigenvalue weighted by Crippen LogP contribution is 2.24. The summed E-state index contributed by atoms with van der Waals surface area (Å²) in [5, 5.41) is 3.27. The molecule has 0 atom stereocenters. The predicted molar refractivity (Wildman–Crippen MR) is 81.4 cm³/mol. The Morgan fingerprint density at radius 3 is 2.63 bits per heavy atom. The molecule has 2 aromatic carbocycles. The molecule has 0 heterocycles. The highest BCUT2D eigenvalue weighted by atomic mass is 32.1. The molecule has 3 N–H and O–H groups in total. The third kappa shape index (κ3) is 3.09. The van der Waals surface area contributed by atoms with Gasteiger partial charge in [0.15, 0.2) is 0 Å². The zero-order chi connectivity index (χ0) is 13.8. The Labute approximate surface area is 117 Å². The number of aryl methyl sites for hydroxylation is 1. The first-order valence-corrected chi connectivity index (χ1v) is 6.47. The van der Waals surface area contributed by atoms with E-state index >= 15 is 0 Å². The maximum atomic E-state index is 13.2. The first-order valence-electron chi connectivity index (χ1n) is 6.06. The van der Waals surface area contributed by atoms with Gasteiger partial charge in [0.1, 0.15) is 10.8 Å². The molecule has 2 aromatic rings. The van der Waals surface area contributed by atoms with E-state index in [0.717, 1.165) is 17.8 Å². The van der Waals surface area contributed by atoms with E-state index in [2.05, 4.69) is 12.2 Å². The summed E-state index contributed by atoms with van der Waals surface area (Å²) in [5.74, 6) is -0.350. The number of benzene rings is 2.